The summed E-state index contributed by atoms with van der Waals surface area (Å²) in [5, 5.41) is 5.02. The topological polar surface area (TPSA) is 64.9 Å². The van der Waals surface area contributed by atoms with E-state index >= 15 is 0 Å². The molecule has 3 aromatic rings. The van der Waals surface area contributed by atoms with Gasteiger partial charge in [0.2, 0.25) is 0 Å². The zero-order chi connectivity index (χ0) is 18.1. The molecule has 1 aliphatic rings. The maximum absolute atomic E-state index is 6.29. The van der Waals surface area contributed by atoms with Crippen LogP contribution in [0.2, 0.25) is 10.0 Å². The zero-order valence-corrected chi connectivity index (χ0v) is 16.4. The molecule has 0 aliphatic carbocycles. The van der Waals surface area contributed by atoms with Crippen LogP contribution in [-0.2, 0) is 4.74 Å². The number of nitrogens with one attached hydrogen (secondary N) is 1. The Labute approximate surface area is 165 Å². The Hall–Kier alpha value is -1.54. The lowest BCUT2D eigenvalue weighted by atomic mass is 10.2. The first kappa shape index (κ1) is 17.9. The third-order valence-electron chi connectivity index (χ3n) is 4.23. The van der Waals surface area contributed by atoms with Gasteiger partial charge in [-0.25, -0.2) is 15.0 Å². The summed E-state index contributed by atoms with van der Waals surface area (Å²) in [6, 6.07) is 5.28. The van der Waals surface area contributed by atoms with Gasteiger partial charge >= 0.3 is 0 Å². The highest BCUT2D eigenvalue weighted by Crippen LogP contribution is 2.32. The van der Waals surface area contributed by atoms with Crippen molar-refractivity contribution < 1.29 is 4.74 Å². The molecular weight excluding hydrogens is 393 g/mol. The lowest BCUT2D eigenvalue weighted by molar-refractivity contribution is -0.0298. The predicted molar refractivity (Wildman–Crippen MR) is 106 cm³/mol. The molecule has 3 heterocycles. The largest absolute Gasteiger partial charge is 0.358 e. The summed E-state index contributed by atoms with van der Waals surface area (Å²) < 4.78 is 7.88. The molecule has 0 saturated carbocycles. The fourth-order valence-electron chi connectivity index (χ4n) is 2.95. The van der Waals surface area contributed by atoms with Crippen LogP contribution in [0.5, 0.6) is 0 Å². The Bertz CT molecular complexity index is 942. The maximum Gasteiger partial charge on any atom is 0.191 e. The van der Waals surface area contributed by atoms with E-state index in [0.29, 0.717) is 32.2 Å². The smallest absolute Gasteiger partial charge is 0.191 e. The van der Waals surface area contributed by atoms with E-state index in [1.165, 1.54) is 11.8 Å². The molecule has 0 bridgehead atoms. The van der Waals surface area contributed by atoms with Crippen molar-refractivity contribution in [3.8, 4) is 0 Å². The Morgan fingerprint density at radius 2 is 2.15 bits per heavy atom. The minimum absolute atomic E-state index is 0.0367. The molecule has 0 amide bonds. The van der Waals surface area contributed by atoms with Gasteiger partial charge < -0.3 is 10.1 Å². The molecule has 0 radical (unpaired) electrons. The van der Waals surface area contributed by atoms with Gasteiger partial charge in [-0.05, 0) is 43.7 Å². The summed E-state index contributed by atoms with van der Waals surface area (Å²) in [6.45, 7) is 0.760. The zero-order valence-electron chi connectivity index (χ0n) is 14.1. The third kappa shape index (κ3) is 3.49. The molecule has 0 spiro atoms. The highest BCUT2D eigenvalue weighted by Gasteiger charge is 2.21. The second-order valence-corrected chi connectivity index (χ2v) is 7.57. The van der Waals surface area contributed by atoms with E-state index in [-0.39, 0.29) is 6.23 Å². The van der Waals surface area contributed by atoms with E-state index < -0.39 is 0 Å². The summed E-state index contributed by atoms with van der Waals surface area (Å²) >= 11 is 13.7. The molecule has 1 unspecified atom stereocenters. The van der Waals surface area contributed by atoms with Gasteiger partial charge in [0.1, 0.15) is 6.23 Å². The Morgan fingerprint density at radius 3 is 2.88 bits per heavy atom. The molecule has 26 heavy (non-hydrogen) atoms. The summed E-state index contributed by atoms with van der Waals surface area (Å²) in [4.78, 5) is 13.7. The molecule has 9 heteroatoms. The van der Waals surface area contributed by atoms with Crippen LogP contribution in [0.3, 0.4) is 0 Å². The van der Waals surface area contributed by atoms with Crippen LogP contribution in [0.25, 0.3) is 11.2 Å². The van der Waals surface area contributed by atoms with Gasteiger partial charge in [0.25, 0.3) is 0 Å². The maximum atomic E-state index is 6.29. The quantitative estimate of drug-likeness (QED) is 0.465. The van der Waals surface area contributed by atoms with Crippen molar-refractivity contribution in [1.29, 1.82) is 0 Å². The van der Waals surface area contributed by atoms with Crippen LogP contribution >= 0.6 is 35.0 Å². The summed E-state index contributed by atoms with van der Waals surface area (Å²) in [6.07, 6.45) is 6.86. The highest BCUT2D eigenvalue weighted by molar-refractivity contribution is 7.98. The van der Waals surface area contributed by atoms with Crippen LogP contribution in [0.15, 0.2) is 29.7 Å². The number of thioether (sulfide) groups is 1. The first-order valence-corrected chi connectivity index (χ1v) is 10.3. The second-order valence-electron chi connectivity index (χ2n) is 5.95. The number of benzene rings is 1. The Kier molecular flexibility index (Phi) is 5.22. The molecular formula is C17H17Cl2N5OS. The van der Waals surface area contributed by atoms with Crippen molar-refractivity contribution in [2.45, 2.75) is 30.6 Å². The van der Waals surface area contributed by atoms with Crippen molar-refractivity contribution in [2.75, 3.05) is 18.2 Å². The average Bonchev–Trinajstić information content (AvgIpc) is 3.08. The van der Waals surface area contributed by atoms with E-state index in [4.69, 9.17) is 27.9 Å². The minimum atomic E-state index is -0.0367. The van der Waals surface area contributed by atoms with Crippen LogP contribution in [0, 0.1) is 0 Å². The Balaban J connectivity index is 1.77. The molecule has 136 valence electrons. The fraction of sp³-hybridized carbons (Fsp3) is 0.353. The Morgan fingerprint density at radius 1 is 1.27 bits per heavy atom. The van der Waals surface area contributed by atoms with E-state index in [1.807, 2.05) is 16.9 Å². The molecule has 1 aromatic carbocycles. The van der Waals surface area contributed by atoms with Crippen LogP contribution in [0.4, 0.5) is 11.5 Å². The predicted octanol–water partition coefficient (Wildman–Crippen LogP) is 5.30. The monoisotopic (exact) mass is 409 g/mol. The normalized spacial score (nSPS) is 17.6. The standard InChI is InChI=1S/C17H17Cl2N5OS/c1-26-17-22-15(21-12-6-5-10(18)8-11(12)19)14-16(23-17)24(9-20-14)13-4-2-3-7-25-13/h5-6,8-9,13H,2-4,7H2,1H3,(H,21,22,23). The summed E-state index contributed by atoms with van der Waals surface area (Å²) in [5.41, 5.74) is 2.15. The molecule has 2 aromatic heterocycles. The number of fused-ring (bicyclic) bond motifs is 1. The molecule has 1 saturated heterocycles. The van der Waals surface area contributed by atoms with E-state index in [9.17, 15) is 0 Å². The number of nitrogens with zero attached hydrogens (tertiary/aromatic N) is 4. The van der Waals surface area contributed by atoms with Crippen molar-refractivity contribution in [2.24, 2.45) is 0 Å². The molecule has 1 atom stereocenters. The van der Waals surface area contributed by atoms with E-state index in [1.54, 1.807) is 18.5 Å². The van der Waals surface area contributed by atoms with E-state index in [2.05, 4.69) is 20.3 Å². The first-order chi connectivity index (χ1) is 12.7. The average molecular weight is 410 g/mol. The number of aromatic nitrogens is 4. The van der Waals surface area contributed by atoms with Crippen molar-refractivity contribution in [1.82, 2.24) is 19.5 Å². The van der Waals surface area contributed by atoms with Gasteiger partial charge in [-0.1, -0.05) is 35.0 Å². The number of imidazole rings is 1. The molecule has 1 N–H and O–H groups in total. The molecule has 6 nitrogen and oxygen atoms in total. The van der Waals surface area contributed by atoms with Gasteiger partial charge in [-0.15, -0.1) is 0 Å². The van der Waals surface area contributed by atoms with Crippen LogP contribution in [0.1, 0.15) is 25.5 Å². The van der Waals surface area contributed by atoms with Gasteiger partial charge in [-0.2, -0.15) is 0 Å². The first-order valence-electron chi connectivity index (χ1n) is 8.28. The number of anilines is 2. The van der Waals surface area contributed by atoms with Crippen LogP contribution < -0.4 is 5.32 Å². The number of rotatable bonds is 4. The lowest BCUT2D eigenvalue weighted by Crippen LogP contribution is -2.17. The SMILES string of the molecule is CSc1nc(Nc2ccc(Cl)cc2Cl)c2ncn(C3CCCCO3)c2n1. The van der Waals surface area contributed by atoms with Gasteiger partial charge in [0, 0.05) is 11.6 Å². The fourth-order valence-corrected chi connectivity index (χ4v) is 3.76. The highest BCUT2D eigenvalue weighted by atomic mass is 35.5. The third-order valence-corrected chi connectivity index (χ3v) is 5.33. The number of halogens is 2. The molecule has 4 rings (SSSR count). The van der Waals surface area contributed by atoms with Gasteiger partial charge in [0.15, 0.2) is 22.1 Å². The molecule has 1 fully saturated rings. The van der Waals surface area contributed by atoms with Gasteiger partial charge in [-0.3, -0.25) is 4.57 Å². The minimum Gasteiger partial charge on any atom is -0.358 e. The summed E-state index contributed by atoms with van der Waals surface area (Å²) in [5.74, 6) is 0.609. The lowest BCUT2D eigenvalue weighted by Gasteiger charge is -2.23. The van der Waals surface area contributed by atoms with Crippen molar-refractivity contribution in [3.63, 3.8) is 0 Å². The second kappa shape index (κ2) is 7.60. The molecule has 1 aliphatic heterocycles. The van der Waals surface area contributed by atoms with Crippen molar-refractivity contribution in [3.05, 3.63) is 34.6 Å². The van der Waals surface area contributed by atoms with Crippen LogP contribution in [-0.4, -0.2) is 32.4 Å². The van der Waals surface area contributed by atoms with Crippen molar-refractivity contribution >= 4 is 57.6 Å². The van der Waals surface area contributed by atoms with Gasteiger partial charge in [0.05, 0.1) is 17.0 Å². The summed E-state index contributed by atoms with van der Waals surface area (Å²) in [7, 11) is 0. The number of hydrogen-bond acceptors (Lipinski definition) is 6. The number of hydrogen-bond donors (Lipinski definition) is 1. The van der Waals surface area contributed by atoms with E-state index in [0.717, 1.165) is 31.5 Å². The number of ether oxygens (including phenoxy) is 1.